The van der Waals surface area contributed by atoms with E-state index in [2.05, 4.69) is 20.6 Å². The third kappa shape index (κ3) is 4.43. The minimum atomic E-state index is -0.328. The van der Waals surface area contributed by atoms with Crippen molar-refractivity contribution < 1.29 is 9.53 Å². The number of aromatic nitrogens is 4. The minimum absolute atomic E-state index is 0.164. The van der Waals surface area contributed by atoms with Gasteiger partial charge in [0.1, 0.15) is 22.7 Å². The zero-order valence-corrected chi connectivity index (χ0v) is 20.2. The van der Waals surface area contributed by atoms with Crippen molar-refractivity contribution in [3.63, 3.8) is 0 Å². The number of H-pyrrole nitrogens is 1. The fourth-order valence-corrected chi connectivity index (χ4v) is 4.83. The molecule has 0 aliphatic carbocycles. The van der Waals surface area contributed by atoms with Crippen molar-refractivity contribution in [2.45, 2.75) is 39.2 Å². The van der Waals surface area contributed by atoms with Gasteiger partial charge in [0.25, 0.3) is 11.5 Å². The third-order valence-electron chi connectivity index (χ3n) is 6.86. The zero-order valence-electron chi connectivity index (χ0n) is 20.2. The minimum Gasteiger partial charge on any atom is -0.497 e. The Morgan fingerprint density at radius 1 is 1.14 bits per heavy atom. The van der Waals surface area contributed by atoms with Crippen LogP contribution in [-0.2, 0) is 6.42 Å². The molecule has 35 heavy (non-hydrogen) atoms. The number of amides is 1. The first-order valence-electron chi connectivity index (χ1n) is 11.9. The van der Waals surface area contributed by atoms with E-state index in [0.717, 1.165) is 52.4 Å². The van der Waals surface area contributed by atoms with Gasteiger partial charge in [0.2, 0.25) is 0 Å². The summed E-state index contributed by atoms with van der Waals surface area (Å²) in [6.45, 7) is 4.88. The van der Waals surface area contributed by atoms with Crippen LogP contribution in [0.25, 0.3) is 11.2 Å². The van der Waals surface area contributed by atoms with Crippen molar-refractivity contribution in [3.05, 3.63) is 87.2 Å². The van der Waals surface area contributed by atoms with Crippen LogP contribution < -0.4 is 10.3 Å². The molecule has 4 aromatic rings. The average molecular weight is 472 g/mol. The molecule has 1 aliphatic heterocycles. The summed E-state index contributed by atoms with van der Waals surface area (Å²) < 4.78 is 7.63. The standard InChI is InChI=1S/C27H29N5O3/c1-17-14-22(26(33)29-18(17)2)27(34)31-12-9-20(10-13-31)32-24(30-23-8-5-11-28-25(23)32)16-19-6-4-7-21(15-19)35-3/h4-8,11,14-15,20H,9-10,12-13,16H2,1-3H3,(H,29,33). The molecule has 180 valence electrons. The molecule has 1 saturated heterocycles. The molecule has 0 radical (unpaired) electrons. The van der Waals surface area contributed by atoms with Gasteiger partial charge in [0.05, 0.1) is 7.11 Å². The van der Waals surface area contributed by atoms with Crippen LogP contribution in [0.1, 0.15) is 51.9 Å². The van der Waals surface area contributed by atoms with Gasteiger partial charge >= 0.3 is 0 Å². The molecule has 0 saturated carbocycles. The summed E-state index contributed by atoms with van der Waals surface area (Å²) >= 11 is 0. The number of imidazole rings is 1. The van der Waals surface area contributed by atoms with Gasteiger partial charge in [-0.05, 0) is 68.1 Å². The molecule has 0 unspecified atom stereocenters. The van der Waals surface area contributed by atoms with Gasteiger partial charge in [0, 0.05) is 37.4 Å². The fourth-order valence-electron chi connectivity index (χ4n) is 4.83. The molecule has 0 spiro atoms. The zero-order chi connectivity index (χ0) is 24.5. The Hall–Kier alpha value is -3.94. The number of ether oxygens (including phenoxy) is 1. The molecular weight excluding hydrogens is 442 g/mol. The maximum Gasteiger partial charge on any atom is 0.261 e. The van der Waals surface area contributed by atoms with E-state index in [1.807, 2.05) is 44.2 Å². The number of rotatable bonds is 5. The van der Waals surface area contributed by atoms with E-state index in [-0.39, 0.29) is 23.1 Å². The maximum atomic E-state index is 13.1. The highest BCUT2D eigenvalue weighted by Crippen LogP contribution is 2.30. The van der Waals surface area contributed by atoms with Gasteiger partial charge in [-0.1, -0.05) is 12.1 Å². The third-order valence-corrected chi connectivity index (χ3v) is 6.86. The number of likely N-dealkylation sites (tertiary alicyclic amines) is 1. The number of aromatic amines is 1. The van der Waals surface area contributed by atoms with Crippen molar-refractivity contribution in [1.82, 2.24) is 24.4 Å². The van der Waals surface area contributed by atoms with Crippen LogP contribution in [0.5, 0.6) is 5.75 Å². The van der Waals surface area contributed by atoms with E-state index in [4.69, 9.17) is 9.72 Å². The first-order valence-corrected chi connectivity index (χ1v) is 11.9. The monoisotopic (exact) mass is 471 g/mol. The quantitative estimate of drug-likeness (QED) is 0.478. The second-order valence-corrected chi connectivity index (χ2v) is 9.12. The highest BCUT2D eigenvalue weighted by molar-refractivity contribution is 5.94. The number of methoxy groups -OCH3 is 1. The van der Waals surface area contributed by atoms with Gasteiger partial charge in [-0.2, -0.15) is 0 Å². The average Bonchev–Trinajstić information content (AvgIpc) is 3.23. The molecule has 1 N–H and O–H groups in total. The van der Waals surface area contributed by atoms with Crippen LogP contribution in [0.2, 0.25) is 0 Å². The molecule has 8 nitrogen and oxygen atoms in total. The number of hydrogen-bond donors (Lipinski definition) is 1. The lowest BCUT2D eigenvalue weighted by atomic mass is 10.0. The SMILES string of the molecule is COc1cccc(Cc2nc3cccnc3n2C2CCN(C(=O)c3cc(C)c(C)[nH]c3=O)CC2)c1. The fraction of sp³-hybridized carbons (Fsp3) is 0.333. The Morgan fingerprint density at radius 3 is 2.71 bits per heavy atom. The number of pyridine rings is 2. The van der Waals surface area contributed by atoms with Crippen LogP contribution in [0.3, 0.4) is 0 Å². The predicted molar refractivity (Wildman–Crippen MR) is 134 cm³/mol. The van der Waals surface area contributed by atoms with Crippen LogP contribution >= 0.6 is 0 Å². The highest BCUT2D eigenvalue weighted by Gasteiger charge is 2.29. The molecule has 1 amide bonds. The number of fused-ring (bicyclic) bond motifs is 1. The summed E-state index contributed by atoms with van der Waals surface area (Å²) in [6, 6.07) is 13.8. The molecule has 3 aromatic heterocycles. The first-order chi connectivity index (χ1) is 16.9. The topological polar surface area (TPSA) is 93.1 Å². The van der Waals surface area contributed by atoms with Crippen molar-refractivity contribution in [2.75, 3.05) is 20.2 Å². The van der Waals surface area contributed by atoms with Gasteiger partial charge in [-0.3, -0.25) is 9.59 Å². The van der Waals surface area contributed by atoms with E-state index in [1.54, 1.807) is 24.3 Å². The number of benzene rings is 1. The van der Waals surface area contributed by atoms with Crippen LogP contribution in [0.4, 0.5) is 0 Å². The largest absolute Gasteiger partial charge is 0.497 e. The highest BCUT2D eigenvalue weighted by atomic mass is 16.5. The van der Waals surface area contributed by atoms with E-state index < -0.39 is 0 Å². The Balaban J connectivity index is 1.40. The summed E-state index contributed by atoms with van der Waals surface area (Å²) in [5, 5.41) is 0. The van der Waals surface area contributed by atoms with E-state index in [1.165, 1.54) is 0 Å². The molecular formula is C27H29N5O3. The van der Waals surface area contributed by atoms with E-state index >= 15 is 0 Å². The maximum absolute atomic E-state index is 13.1. The van der Waals surface area contributed by atoms with Gasteiger partial charge < -0.3 is 19.2 Å². The van der Waals surface area contributed by atoms with Crippen molar-refractivity contribution in [2.24, 2.45) is 0 Å². The van der Waals surface area contributed by atoms with Gasteiger partial charge in [0.15, 0.2) is 5.65 Å². The summed E-state index contributed by atoms with van der Waals surface area (Å²) in [5.74, 6) is 1.55. The number of nitrogens with one attached hydrogen (secondary N) is 1. The van der Waals surface area contributed by atoms with Crippen molar-refractivity contribution in [1.29, 1.82) is 0 Å². The molecule has 0 bridgehead atoms. The number of nitrogens with zero attached hydrogens (tertiary/aromatic N) is 4. The normalized spacial score (nSPS) is 14.4. The molecule has 8 heteroatoms. The second-order valence-electron chi connectivity index (χ2n) is 9.12. The number of piperidine rings is 1. The summed E-state index contributed by atoms with van der Waals surface area (Å²) in [4.78, 5) is 39.6. The Labute approximate surface area is 203 Å². The number of hydrogen-bond acceptors (Lipinski definition) is 5. The number of carbonyl (C=O) groups excluding carboxylic acids is 1. The predicted octanol–water partition coefficient (Wildman–Crippen LogP) is 3.81. The molecule has 1 fully saturated rings. The van der Waals surface area contributed by atoms with E-state index in [9.17, 15) is 9.59 Å². The summed E-state index contributed by atoms with van der Waals surface area (Å²) in [6.07, 6.45) is 3.98. The lowest BCUT2D eigenvalue weighted by molar-refractivity contribution is 0.0693. The van der Waals surface area contributed by atoms with Gasteiger partial charge in [-0.15, -0.1) is 0 Å². The second kappa shape index (κ2) is 9.37. The van der Waals surface area contributed by atoms with E-state index in [0.29, 0.717) is 19.5 Å². The number of aryl methyl sites for hydroxylation is 2. The Kier molecular flexibility index (Phi) is 6.11. The van der Waals surface area contributed by atoms with Crippen molar-refractivity contribution >= 4 is 17.1 Å². The summed E-state index contributed by atoms with van der Waals surface area (Å²) in [5.41, 5.74) is 4.41. The smallest absolute Gasteiger partial charge is 0.261 e. The lowest BCUT2D eigenvalue weighted by Gasteiger charge is -2.33. The molecule has 5 rings (SSSR count). The Bertz CT molecular complexity index is 1450. The lowest BCUT2D eigenvalue weighted by Crippen LogP contribution is -2.41. The summed E-state index contributed by atoms with van der Waals surface area (Å²) in [7, 11) is 1.67. The molecule has 0 atom stereocenters. The van der Waals surface area contributed by atoms with Crippen LogP contribution in [0, 0.1) is 13.8 Å². The first kappa shape index (κ1) is 22.8. The van der Waals surface area contributed by atoms with Crippen LogP contribution in [0.15, 0.2) is 53.5 Å². The number of carbonyl (C=O) groups is 1. The van der Waals surface area contributed by atoms with Crippen molar-refractivity contribution in [3.8, 4) is 5.75 Å². The Morgan fingerprint density at radius 2 is 1.94 bits per heavy atom. The molecule has 1 aromatic carbocycles. The van der Waals surface area contributed by atoms with Gasteiger partial charge in [-0.25, -0.2) is 9.97 Å². The molecule has 4 heterocycles. The molecule has 1 aliphatic rings. The van der Waals surface area contributed by atoms with Crippen LogP contribution in [-0.4, -0.2) is 50.5 Å².